The normalized spacial score (nSPS) is 18.1. The van der Waals surface area contributed by atoms with Gasteiger partial charge in [0.25, 0.3) is 5.76 Å². The van der Waals surface area contributed by atoms with Crippen molar-refractivity contribution in [1.29, 1.82) is 0 Å². The van der Waals surface area contributed by atoms with Gasteiger partial charge in [-0.2, -0.15) is 8.78 Å². The average Bonchev–Trinajstić information content (AvgIpc) is 3.20. The number of carbonyl (C=O) groups is 4. The monoisotopic (exact) mass is 397 g/mol. The second-order valence-electron chi connectivity index (χ2n) is 6.24. The van der Waals surface area contributed by atoms with Gasteiger partial charge in [0.05, 0.1) is 0 Å². The Kier molecular flexibility index (Phi) is 5.73. The molecule has 2 fully saturated rings. The molecular formula is C17H17F2N3O4S. The summed E-state index contributed by atoms with van der Waals surface area (Å²) < 4.78 is 24.6. The number of hydrogen-bond donors (Lipinski definition) is 1. The fraction of sp³-hybridized carbons (Fsp3) is 0.412. The molecule has 7 nitrogen and oxygen atoms in total. The number of benzene rings is 1. The van der Waals surface area contributed by atoms with Crippen molar-refractivity contribution in [1.82, 2.24) is 9.80 Å². The van der Waals surface area contributed by atoms with Gasteiger partial charge in [-0.1, -0.05) is 24.6 Å². The van der Waals surface area contributed by atoms with Gasteiger partial charge in [-0.05, 0) is 37.1 Å². The Labute approximate surface area is 158 Å². The first-order valence-corrected chi connectivity index (χ1v) is 9.28. The van der Waals surface area contributed by atoms with Crippen LogP contribution in [-0.4, -0.2) is 51.9 Å². The molecule has 5 amide bonds. The summed E-state index contributed by atoms with van der Waals surface area (Å²) in [4.78, 5) is 50.7. The lowest BCUT2D eigenvalue weighted by Crippen LogP contribution is -2.41. The van der Waals surface area contributed by atoms with E-state index in [1.165, 1.54) is 24.3 Å². The second kappa shape index (κ2) is 8.03. The zero-order valence-corrected chi connectivity index (χ0v) is 15.0. The number of carbonyl (C=O) groups excluding carboxylic acids is 4. The fourth-order valence-corrected chi connectivity index (χ4v) is 3.71. The van der Waals surface area contributed by atoms with Crippen molar-refractivity contribution >= 4 is 41.2 Å². The van der Waals surface area contributed by atoms with Crippen LogP contribution in [0.25, 0.3) is 0 Å². The molecule has 0 atom stereocenters. The van der Waals surface area contributed by atoms with E-state index in [-0.39, 0.29) is 6.04 Å². The maximum atomic E-state index is 12.4. The van der Waals surface area contributed by atoms with Crippen LogP contribution in [0.5, 0.6) is 0 Å². The number of nitrogens with one attached hydrogen (secondary N) is 1. The third-order valence-corrected chi connectivity index (χ3v) is 5.16. The van der Waals surface area contributed by atoms with Gasteiger partial charge in [0.1, 0.15) is 6.54 Å². The molecule has 0 bridgehead atoms. The highest BCUT2D eigenvalue weighted by Crippen LogP contribution is 2.28. The van der Waals surface area contributed by atoms with Gasteiger partial charge in [0, 0.05) is 16.6 Å². The lowest BCUT2D eigenvalue weighted by molar-refractivity contribution is -0.144. The zero-order valence-electron chi connectivity index (χ0n) is 14.2. The smallest absolute Gasteiger partial charge is 0.325 e. The summed E-state index contributed by atoms with van der Waals surface area (Å²) in [5.41, 5.74) is 0.330. The lowest BCUT2D eigenvalue weighted by Gasteiger charge is -2.20. The molecule has 1 N–H and O–H groups in total. The van der Waals surface area contributed by atoms with Gasteiger partial charge < -0.3 is 5.32 Å². The number of imide groups is 2. The fourth-order valence-electron chi connectivity index (χ4n) is 3.21. The zero-order chi connectivity index (χ0) is 19.6. The standard InChI is InChI=1S/C17H17F2N3O4S/c18-16(19)27-12-7-5-10(6-8-12)20-13(23)9-21-14(24)15(25)22(17(21)26)11-3-1-2-4-11/h5-8,11,16H,1-4,9H2,(H,20,23). The molecule has 3 rings (SSSR count). The summed E-state index contributed by atoms with van der Waals surface area (Å²) in [6.45, 7) is -0.583. The van der Waals surface area contributed by atoms with Gasteiger partial charge in [-0.25, -0.2) is 9.69 Å². The van der Waals surface area contributed by atoms with Crippen LogP contribution in [-0.2, 0) is 14.4 Å². The lowest BCUT2D eigenvalue weighted by atomic mass is 10.2. The van der Waals surface area contributed by atoms with Crippen molar-refractivity contribution < 1.29 is 28.0 Å². The minimum atomic E-state index is -2.54. The Balaban J connectivity index is 1.61. The van der Waals surface area contributed by atoms with Crippen molar-refractivity contribution in [2.45, 2.75) is 42.4 Å². The van der Waals surface area contributed by atoms with E-state index in [0.717, 1.165) is 17.7 Å². The van der Waals surface area contributed by atoms with Crippen molar-refractivity contribution in [2.75, 3.05) is 11.9 Å². The maximum absolute atomic E-state index is 12.4. The minimum absolute atomic E-state index is 0.290. The maximum Gasteiger partial charge on any atom is 0.334 e. The average molecular weight is 397 g/mol. The number of alkyl halides is 2. The number of thioether (sulfide) groups is 1. The molecule has 1 aliphatic heterocycles. The van der Waals surface area contributed by atoms with Gasteiger partial charge in [0.15, 0.2) is 0 Å². The van der Waals surface area contributed by atoms with E-state index in [0.29, 0.717) is 40.1 Å². The predicted octanol–water partition coefficient (Wildman–Crippen LogP) is 2.67. The second-order valence-corrected chi connectivity index (χ2v) is 7.30. The Bertz CT molecular complexity index is 766. The molecule has 0 unspecified atom stereocenters. The number of anilines is 1. The molecular weight excluding hydrogens is 380 g/mol. The van der Waals surface area contributed by atoms with E-state index >= 15 is 0 Å². The van der Waals surface area contributed by atoms with E-state index in [9.17, 15) is 28.0 Å². The van der Waals surface area contributed by atoms with Crippen LogP contribution in [0.15, 0.2) is 29.2 Å². The number of hydrogen-bond acceptors (Lipinski definition) is 5. The first-order valence-electron chi connectivity index (χ1n) is 8.40. The summed E-state index contributed by atoms with van der Waals surface area (Å²) in [6.07, 6.45) is 3.09. The van der Waals surface area contributed by atoms with Crippen molar-refractivity contribution in [3.05, 3.63) is 24.3 Å². The molecule has 10 heteroatoms. The molecule has 1 saturated carbocycles. The molecule has 1 saturated heterocycles. The van der Waals surface area contributed by atoms with Crippen LogP contribution < -0.4 is 5.32 Å². The molecule has 0 radical (unpaired) electrons. The van der Waals surface area contributed by atoms with Gasteiger partial charge in [0.2, 0.25) is 5.91 Å². The Morgan fingerprint density at radius 3 is 2.33 bits per heavy atom. The van der Waals surface area contributed by atoms with Crippen LogP contribution in [0.2, 0.25) is 0 Å². The summed E-state index contributed by atoms with van der Waals surface area (Å²) in [6, 6.07) is 4.66. The molecule has 27 heavy (non-hydrogen) atoms. The SMILES string of the molecule is O=C(CN1C(=O)C(=O)N(C2CCCC2)C1=O)Nc1ccc(SC(F)F)cc1. The van der Waals surface area contributed by atoms with Crippen LogP contribution in [0.1, 0.15) is 25.7 Å². The summed E-state index contributed by atoms with van der Waals surface area (Å²) in [7, 11) is 0. The number of halogens is 2. The van der Waals surface area contributed by atoms with E-state index in [2.05, 4.69) is 5.32 Å². The number of nitrogens with zero attached hydrogens (tertiary/aromatic N) is 2. The molecule has 1 aromatic rings. The Hall–Kier alpha value is -2.49. The Morgan fingerprint density at radius 1 is 1.11 bits per heavy atom. The van der Waals surface area contributed by atoms with Crippen molar-refractivity contribution in [2.24, 2.45) is 0 Å². The molecule has 144 valence electrons. The van der Waals surface area contributed by atoms with Crippen LogP contribution in [0.3, 0.4) is 0 Å². The van der Waals surface area contributed by atoms with E-state index < -0.39 is 36.1 Å². The molecule has 1 heterocycles. The number of rotatable bonds is 6. The summed E-state index contributed by atoms with van der Waals surface area (Å²) >= 11 is 0.379. The molecule has 2 aliphatic rings. The topological polar surface area (TPSA) is 86.8 Å². The van der Waals surface area contributed by atoms with E-state index in [1.54, 1.807) is 0 Å². The van der Waals surface area contributed by atoms with Crippen LogP contribution in [0, 0.1) is 0 Å². The van der Waals surface area contributed by atoms with E-state index in [1.807, 2.05) is 0 Å². The summed E-state index contributed by atoms with van der Waals surface area (Å²) in [5, 5.41) is 2.48. The van der Waals surface area contributed by atoms with Gasteiger partial charge in [-0.3, -0.25) is 19.3 Å². The third kappa shape index (κ3) is 4.26. The molecule has 1 aromatic carbocycles. The van der Waals surface area contributed by atoms with Crippen molar-refractivity contribution in [3.63, 3.8) is 0 Å². The van der Waals surface area contributed by atoms with Gasteiger partial charge >= 0.3 is 17.8 Å². The highest BCUT2D eigenvalue weighted by Gasteiger charge is 2.48. The molecule has 1 aliphatic carbocycles. The van der Waals surface area contributed by atoms with E-state index in [4.69, 9.17) is 0 Å². The third-order valence-electron chi connectivity index (χ3n) is 4.44. The highest BCUT2D eigenvalue weighted by atomic mass is 32.2. The number of amides is 5. The van der Waals surface area contributed by atoms with Crippen molar-refractivity contribution in [3.8, 4) is 0 Å². The summed E-state index contributed by atoms with van der Waals surface area (Å²) in [5.74, 6) is -5.11. The minimum Gasteiger partial charge on any atom is -0.325 e. The van der Waals surface area contributed by atoms with Crippen LogP contribution >= 0.6 is 11.8 Å². The predicted molar refractivity (Wildman–Crippen MR) is 93.1 cm³/mol. The van der Waals surface area contributed by atoms with Gasteiger partial charge in [-0.15, -0.1) is 0 Å². The molecule has 0 spiro atoms. The first kappa shape index (κ1) is 19.3. The number of urea groups is 1. The Morgan fingerprint density at radius 2 is 1.74 bits per heavy atom. The molecule has 0 aromatic heterocycles. The highest BCUT2D eigenvalue weighted by molar-refractivity contribution is 7.99. The van der Waals surface area contributed by atoms with Crippen LogP contribution in [0.4, 0.5) is 19.3 Å². The first-order chi connectivity index (χ1) is 12.9. The largest absolute Gasteiger partial charge is 0.334 e. The quantitative estimate of drug-likeness (QED) is 0.453.